The Kier molecular flexibility index (Phi) is 3.79. The standard InChI is InChI=1S/C13H14ClFN6O/c14-11-9(15)6-13(18-11,12(16)22)10(21-7-17-19-20-21)8-4-2-1-3-5-8/h1-5,7,9-11,18H,6H2,(H2,16,22)/t9?,10?,11?,13-/m1/s1. The van der Waals surface area contributed by atoms with Crippen LogP contribution in [0.5, 0.6) is 0 Å². The molecule has 4 atom stereocenters. The number of tetrazole rings is 1. The van der Waals surface area contributed by atoms with Crippen LogP contribution in [0.2, 0.25) is 0 Å². The van der Waals surface area contributed by atoms with Gasteiger partial charge >= 0.3 is 0 Å². The van der Waals surface area contributed by atoms with Gasteiger partial charge in [0, 0.05) is 6.42 Å². The average Bonchev–Trinajstić information content (AvgIpc) is 3.11. The number of carbonyl (C=O) groups is 1. The number of primary amides is 1. The zero-order valence-electron chi connectivity index (χ0n) is 11.4. The van der Waals surface area contributed by atoms with E-state index in [1.54, 1.807) is 24.3 Å². The highest BCUT2D eigenvalue weighted by molar-refractivity contribution is 6.21. The number of hydrogen-bond donors (Lipinski definition) is 2. The largest absolute Gasteiger partial charge is 0.368 e. The van der Waals surface area contributed by atoms with Crippen LogP contribution in [-0.4, -0.2) is 43.3 Å². The molecule has 1 fully saturated rings. The molecule has 3 rings (SSSR count). The number of aromatic nitrogens is 4. The second-order valence-corrected chi connectivity index (χ2v) is 5.68. The number of nitrogens with zero attached hydrogens (tertiary/aromatic N) is 4. The van der Waals surface area contributed by atoms with Crippen LogP contribution in [0.15, 0.2) is 36.7 Å². The molecule has 116 valence electrons. The van der Waals surface area contributed by atoms with E-state index in [4.69, 9.17) is 17.3 Å². The maximum atomic E-state index is 14.0. The SMILES string of the molecule is NC(=O)[C@]1(C(c2ccccc2)n2cnnn2)CC(F)C(Cl)N1. The van der Waals surface area contributed by atoms with Gasteiger partial charge in [0.1, 0.15) is 29.6 Å². The number of alkyl halides is 2. The lowest BCUT2D eigenvalue weighted by atomic mass is 9.83. The van der Waals surface area contributed by atoms with Crippen LogP contribution in [0.1, 0.15) is 18.0 Å². The maximum Gasteiger partial charge on any atom is 0.240 e. The topological polar surface area (TPSA) is 98.7 Å². The Morgan fingerprint density at radius 2 is 2.23 bits per heavy atom. The molecule has 0 saturated carbocycles. The first-order chi connectivity index (χ1) is 10.5. The highest BCUT2D eigenvalue weighted by Gasteiger charge is 2.55. The molecular weight excluding hydrogens is 311 g/mol. The van der Waals surface area contributed by atoms with Crippen molar-refractivity contribution in [3.05, 3.63) is 42.2 Å². The van der Waals surface area contributed by atoms with Gasteiger partial charge in [0.25, 0.3) is 0 Å². The van der Waals surface area contributed by atoms with Gasteiger partial charge in [0.15, 0.2) is 0 Å². The molecule has 3 N–H and O–H groups in total. The molecule has 7 nitrogen and oxygen atoms in total. The normalized spacial score (nSPS) is 29.4. The minimum atomic E-state index is -1.41. The van der Waals surface area contributed by atoms with Crippen LogP contribution >= 0.6 is 11.6 Å². The fourth-order valence-electron chi connectivity index (χ4n) is 2.89. The molecule has 1 aliphatic heterocycles. The van der Waals surface area contributed by atoms with Gasteiger partial charge in [-0.2, -0.15) is 0 Å². The lowest BCUT2D eigenvalue weighted by Gasteiger charge is -2.34. The quantitative estimate of drug-likeness (QED) is 0.626. The Morgan fingerprint density at radius 3 is 2.73 bits per heavy atom. The van der Waals surface area contributed by atoms with E-state index in [0.717, 1.165) is 5.56 Å². The van der Waals surface area contributed by atoms with Crippen molar-refractivity contribution in [3.8, 4) is 0 Å². The van der Waals surface area contributed by atoms with Crippen LogP contribution in [0.25, 0.3) is 0 Å². The van der Waals surface area contributed by atoms with Crippen LogP contribution in [0.3, 0.4) is 0 Å². The summed E-state index contributed by atoms with van der Waals surface area (Å²) in [5.41, 5.74) is 3.90. The fourth-order valence-corrected chi connectivity index (χ4v) is 3.17. The van der Waals surface area contributed by atoms with E-state index in [0.29, 0.717) is 0 Å². The van der Waals surface area contributed by atoms with E-state index in [-0.39, 0.29) is 6.42 Å². The van der Waals surface area contributed by atoms with Crippen molar-refractivity contribution in [2.75, 3.05) is 0 Å². The third kappa shape index (κ3) is 2.34. The van der Waals surface area contributed by atoms with E-state index in [2.05, 4.69) is 20.8 Å². The van der Waals surface area contributed by atoms with Gasteiger partial charge in [0.2, 0.25) is 5.91 Å². The lowest BCUT2D eigenvalue weighted by Crippen LogP contribution is -2.58. The van der Waals surface area contributed by atoms with Crippen molar-refractivity contribution < 1.29 is 9.18 Å². The highest BCUT2D eigenvalue weighted by Crippen LogP contribution is 2.39. The molecule has 0 aliphatic carbocycles. The Balaban J connectivity index is 2.14. The van der Waals surface area contributed by atoms with Crippen LogP contribution in [0.4, 0.5) is 4.39 Å². The second kappa shape index (κ2) is 5.62. The van der Waals surface area contributed by atoms with Crippen LogP contribution in [0, 0.1) is 0 Å². The summed E-state index contributed by atoms with van der Waals surface area (Å²) < 4.78 is 15.4. The summed E-state index contributed by atoms with van der Waals surface area (Å²) in [6.07, 6.45) is -0.203. The molecule has 0 bridgehead atoms. The molecule has 1 aromatic carbocycles. The summed E-state index contributed by atoms with van der Waals surface area (Å²) in [6.45, 7) is 0. The van der Waals surface area contributed by atoms with Crippen molar-refractivity contribution in [1.29, 1.82) is 0 Å². The summed E-state index contributed by atoms with van der Waals surface area (Å²) in [7, 11) is 0. The Bertz CT molecular complexity index is 642. The van der Waals surface area contributed by atoms with Crippen molar-refractivity contribution >= 4 is 17.5 Å². The first-order valence-electron chi connectivity index (χ1n) is 6.68. The molecule has 1 amide bonds. The predicted octanol–water partition coefficient (Wildman–Crippen LogP) is 0.383. The molecule has 22 heavy (non-hydrogen) atoms. The number of halogens is 2. The summed E-state index contributed by atoms with van der Waals surface area (Å²) in [6, 6.07) is 8.34. The first kappa shape index (κ1) is 14.9. The fraction of sp³-hybridized carbons (Fsp3) is 0.385. The summed E-state index contributed by atoms with van der Waals surface area (Å²) >= 11 is 5.93. The van der Waals surface area contributed by atoms with Crippen molar-refractivity contribution in [1.82, 2.24) is 25.5 Å². The Hall–Kier alpha value is -2.06. The number of hydrogen-bond acceptors (Lipinski definition) is 5. The number of amides is 1. The van der Waals surface area contributed by atoms with Gasteiger partial charge in [-0.05, 0) is 16.0 Å². The molecular formula is C13H14ClFN6O. The van der Waals surface area contributed by atoms with E-state index in [1.807, 2.05) is 6.07 Å². The molecule has 0 radical (unpaired) electrons. The van der Waals surface area contributed by atoms with Crippen molar-refractivity contribution in [2.45, 2.75) is 29.7 Å². The number of nitrogens with one attached hydrogen (secondary N) is 1. The van der Waals surface area contributed by atoms with E-state index >= 15 is 0 Å². The van der Waals surface area contributed by atoms with Gasteiger partial charge in [-0.15, -0.1) is 16.7 Å². The van der Waals surface area contributed by atoms with Crippen LogP contribution in [-0.2, 0) is 4.79 Å². The highest BCUT2D eigenvalue weighted by atomic mass is 35.5. The molecule has 2 heterocycles. The number of carbonyl (C=O) groups excluding carboxylic acids is 1. The summed E-state index contributed by atoms with van der Waals surface area (Å²) in [4.78, 5) is 12.2. The van der Waals surface area contributed by atoms with Gasteiger partial charge in [0.05, 0.1) is 0 Å². The number of benzene rings is 1. The smallest absolute Gasteiger partial charge is 0.240 e. The predicted molar refractivity (Wildman–Crippen MR) is 76.6 cm³/mol. The van der Waals surface area contributed by atoms with Gasteiger partial charge < -0.3 is 5.73 Å². The number of rotatable bonds is 4. The van der Waals surface area contributed by atoms with Crippen LogP contribution < -0.4 is 11.1 Å². The maximum absolute atomic E-state index is 14.0. The molecule has 3 unspecified atom stereocenters. The third-order valence-corrected chi connectivity index (χ3v) is 4.26. The summed E-state index contributed by atoms with van der Waals surface area (Å²) in [5, 5.41) is 13.8. The molecule has 1 aliphatic rings. The van der Waals surface area contributed by atoms with Gasteiger partial charge in [-0.1, -0.05) is 30.3 Å². The average molecular weight is 325 g/mol. The minimum absolute atomic E-state index is 0.157. The zero-order valence-corrected chi connectivity index (χ0v) is 12.2. The van der Waals surface area contributed by atoms with Gasteiger partial charge in [-0.25, -0.2) is 9.07 Å². The number of nitrogens with two attached hydrogens (primary N) is 1. The van der Waals surface area contributed by atoms with E-state index < -0.39 is 29.2 Å². The first-order valence-corrected chi connectivity index (χ1v) is 7.11. The van der Waals surface area contributed by atoms with Crippen molar-refractivity contribution in [2.24, 2.45) is 5.73 Å². The minimum Gasteiger partial charge on any atom is -0.368 e. The summed E-state index contributed by atoms with van der Waals surface area (Å²) in [5.74, 6) is -0.706. The molecule has 0 spiro atoms. The monoisotopic (exact) mass is 324 g/mol. The van der Waals surface area contributed by atoms with E-state index in [9.17, 15) is 9.18 Å². The molecule has 9 heteroatoms. The third-order valence-electron chi connectivity index (χ3n) is 3.88. The van der Waals surface area contributed by atoms with E-state index in [1.165, 1.54) is 11.0 Å². The molecule has 2 aromatic rings. The van der Waals surface area contributed by atoms with Crippen molar-refractivity contribution in [3.63, 3.8) is 0 Å². The molecule has 1 aromatic heterocycles. The molecule has 1 saturated heterocycles. The lowest BCUT2D eigenvalue weighted by molar-refractivity contribution is -0.125. The Labute approximate surface area is 130 Å². The van der Waals surface area contributed by atoms with Gasteiger partial charge in [-0.3, -0.25) is 10.1 Å². The Morgan fingerprint density at radius 1 is 1.50 bits per heavy atom. The zero-order chi connectivity index (χ0) is 15.7. The second-order valence-electron chi connectivity index (χ2n) is 5.20.